The van der Waals surface area contributed by atoms with Crippen LogP contribution in [0, 0.1) is 0 Å². The molecule has 0 radical (unpaired) electrons. The van der Waals surface area contributed by atoms with Crippen LogP contribution in [0.25, 0.3) is 0 Å². The average Bonchev–Trinajstić information content (AvgIpc) is 3.15. The molecule has 6 nitrogen and oxygen atoms in total. The molecule has 1 fully saturated rings. The van der Waals surface area contributed by atoms with Crippen molar-refractivity contribution in [2.45, 2.75) is 45.4 Å². The van der Waals surface area contributed by atoms with E-state index >= 15 is 0 Å². The van der Waals surface area contributed by atoms with Gasteiger partial charge in [-0.1, -0.05) is 54.2 Å². The van der Waals surface area contributed by atoms with Gasteiger partial charge in [-0.3, -0.25) is 9.69 Å². The van der Waals surface area contributed by atoms with E-state index in [0.717, 1.165) is 24.2 Å². The van der Waals surface area contributed by atoms with Gasteiger partial charge in [0, 0.05) is 18.8 Å². The number of aliphatic imine (C=N–C) groups is 1. The summed E-state index contributed by atoms with van der Waals surface area (Å²) in [5.74, 6) is -0.454. The summed E-state index contributed by atoms with van der Waals surface area (Å²) in [4.78, 5) is 35.2. The van der Waals surface area contributed by atoms with Crippen LogP contribution in [0.3, 0.4) is 0 Å². The van der Waals surface area contributed by atoms with E-state index in [1.54, 1.807) is 11.8 Å². The minimum Gasteiger partial charge on any atom is -0.463 e. The molecule has 178 valence electrons. The summed E-state index contributed by atoms with van der Waals surface area (Å²) in [6.45, 7) is 10.1. The number of hydrogen-bond acceptors (Lipinski definition) is 6. The molecule has 2 aromatic carbocycles. The van der Waals surface area contributed by atoms with E-state index in [1.165, 1.54) is 17.4 Å². The minimum atomic E-state index is -0.539. The average molecular weight is 478 g/mol. The van der Waals surface area contributed by atoms with Crippen LogP contribution in [0.1, 0.15) is 44.9 Å². The summed E-state index contributed by atoms with van der Waals surface area (Å²) in [6.07, 6.45) is 0.604. The van der Waals surface area contributed by atoms with Crippen LogP contribution < -0.4 is 4.90 Å². The molecule has 0 N–H and O–H groups in total. The SMILES string of the molecule is CCOC(=O)C1=C(C)N=C2SC(Cc3ccc(N(CC)CC)cc3)C(=O)N2C1c1ccccc1. The summed E-state index contributed by atoms with van der Waals surface area (Å²) in [5.41, 5.74) is 4.19. The second kappa shape index (κ2) is 10.5. The van der Waals surface area contributed by atoms with Gasteiger partial charge in [-0.05, 0) is 57.4 Å². The van der Waals surface area contributed by atoms with Crippen LogP contribution in [0.5, 0.6) is 0 Å². The lowest BCUT2D eigenvalue weighted by molar-refractivity contribution is -0.139. The van der Waals surface area contributed by atoms with Crippen molar-refractivity contribution in [3.05, 3.63) is 77.0 Å². The standard InChI is InChI=1S/C27H31N3O3S/c1-5-29(6-2)21-15-13-19(14-16-21)17-22-25(31)30-24(20-11-9-8-10-12-20)23(26(32)33-7-3)18(4)28-27(30)34-22/h8-16,22,24H,5-7,17H2,1-4H3. The minimum absolute atomic E-state index is 0.0280. The highest BCUT2D eigenvalue weighted by molar-refractivity contribution is 8.15. The van der Waals surface area contributed by atoms with Crippen molar-refractivity contribution in [3.63, 3.8) is 0 Å². The van der Waals surface area contributed by atoms with Crippen LogP contribution >= 0.6 is 11.8 Å². The Morgan fingerprint density at radius 1 is 1.06 bits per heavy atom. The Bertz CT molecular complexity index is 1110. The summed E-state index contributed by atoms with van der Waals surface area (Å²) in [6, 6.07) is 17.5. The number of ether oxygens (including phenoxy) is 1. The Morgan fingerprint density at radius 3 is 2.35 bits per heavy atom. The lowest BCUT2D eigenvalue weighted by atomic mass is 9.94. The molecule has 0 aromatic heterocycles. The number of allylic oxidation sites excluding steroid dienone is 1. The molecule has 2 unspecified atom stereocenters. The van der Waals surface area contributed by atoms with Crippen molar-refractivity contribution in [2.24, 2.45) is 4.99 Å². The lowest BCUT2D eigenvalue weighted by Gasteiger charge is -2.33. The van der Waals surface area contributed by atoms with Gasteiger partial charge in [0.05, 0.1) is 29.2 Å². The first-order chi connectivity index (χ1) is 16.5. The van der Waals surface area contributed by atoms with E-state index in [9.17, 15) is 9.59 Å². The number of fused-ring (bicyclic) bond motifs is 1. The normalized spacial score (nSPS) is 19.7. The molecule has 2 aromatic rings. The molecule has 0 saturated carbocycles. The quantitative estimate of drug-likeness (QED) is 0.503. The van der Waals surface area contributed by atoms with Gasteiger partial charge >= 0.3 is 5.97 Å². The van der Waals surface area contributed by atoms with Crippen molar-refractivity contribution in [1.82, 2.24) is 4.90 Å². The third kappa shape index (κ3) is 4.62. The molecule has 7 heteroatoms. The zero-order chi connectivity index (χ0) is 24.2. The van der Waals surface area contributed by atoms with Crippen molar-refractivity contribution >= 4 is 34.5 Å². The molecule has 2 atom stereocenters. The first-order valence-corrected chi connectivity index (χ1v) is 12.7. The Balaban J connectivity index is 1.62. The van der Waals surface area contributed by atoms with Gasteiger partial charge in [0.1, 0.15) is 0 Å². The Morgan fingerprint density at radius 2 is 1.74 bits per heavy atom. The molecule has 1 amide bonds. The fourth-order valence-corrected chi connectivity index (χ4v) is 5.77. The maximum Gasteiger partial charge on any atom is 0.338 e. The molecule has 34 heavy (non-hydrogen) atoms. The monoisotopic (exact) mass is 477 g/mol. The number of amides is 1. The zero-order valence-corrected chi connectivity index (χ0v) is 21.0. The zero-order valence-electron chi connectivity index (χ0n) is 20.2. The summed E-state index contributed by atoms with van der Waals surface area (Å²) in [7, 11) is 0. The summed E-state index contributed by atoms with van der Waals surface area (Å²) in [5, 5.41) is 0.354. The van der Waals surface area contributed by atoms with Crippen molar-refractivity contribution in [1.29, 1.82) is 0 Å². The first-order valence-electron chi connectivity index (χ1n) is 11.8. The van der Waals surface area contributed by atoms with E-state index in [-0.39, 0.29) is 17.8 Å². The van der Waals surface area contributed by atoms with Crippen molar-refractivity contribution in [3.8, 4) is 0 Å². The highest BCUT2D eigenvalue weighted by Gasteiger charge is 2.47. The molecule has 2 heterocycles. The van der Waals surface area contributed by atoms with Crippen LogP contribution in [-0.2, 0) is 20.7 Å². The topological polar surface area (TPSA) is 62.2 Å². The van der Waals surface area contributed by atoms with Gasteiger partial charge in [-0.25, -0.2) is 9.79 Å². The number of thioether (sulfide) groups is 1. The Hall–Kier alpha value is -3.06. The number of carbonyl (C=O) groups is 2. The van der Waals surface area contributed by atoms with Gasteiger partial charge in [-0.2, -0.15) is 0 Å². The number of benzene rings is 2. The van der Waals surface area contributed by atoms with E-state index in [2.05, 4.69) is 48.0 Å². The number of rotatable bonds is 8. The smallest absolute Gasteiger partial charge is 0.338 e. The maximum absolute atomic E-state index is 13.7. The third-order valence-corrected chi connectivity index (χ3v) is 7.40. The van der Waals surface area contributed by atoms with E-state index in [0.29, 0.717) is 22.9 Å². The summed E-state index contributed by atoms with van der Waals surface area (Å²) < 4.78 is 5.34. The number of anilines is 1. The van der Waals surface area contributed by atoms with Crippen LogP contribution in [-0.4, -0.2) is 46.9 Å². The van der Waals surface area contributed by atoms with Gasteiger partial charge in [0.2, 0.25) is 5.91 Å². The molecule has 0 spiro atoms. The highest BCUT2D eigenvalue weighted by Crippen LogP contribution is 2.44. The molecule has 4 rings (SSSR count). The molecule has 1 saturated heterocycles. The molecular formula is C27H31N3O3S. The molecule has 0 bridgehead atoms. The first kappa shape index (κ1) is 24.1. The number of hydrogen-bond donors (Lipinski definition) is 0. The molecule has 0 aliphatic carbocycles. The van der Waals surface area contributed by atoms with Crippen LogP contribution in [0.15, 0.2) is 70.9 Å². The fourth-order valence-electron chi connectivity index (χ4n) is 4.53. The van der Waals surface area contributed by atoms with Crippen LogP contribution in [0.4, 0.5) is 5.69 Å². The van der Waals surface area contributed by atoms with E-state index < -0.39 is 12.0 Å². The van der Waals surface area contributed by atoms with E-state index in [1.807, 2.05) is 37.3 Å². The second-order valence-corrected chi connectivity index (χ2v) is 9.45. The van der Waals surface area contributed by atoms with Gasteiger partial charge in [0.15, 0.2) is 5.17 Å². The van der Waals surface area contributed by atoms with Crippen molar-refractivity contribution < 1.29 is 14.3 Å². The lowest BCUT2D eigenvalue weighted by Crippen LogP contribution is -2.41. The second-order valence-electron chi connectivity index (χ2n) is 8.28. The summed E-state index contributed by atoms with van der Waals surface area (Å²) >= 11 is 1.48. The van der Waals surface area contributed by atoms with E-state index in [4.69, 9.17) is 4.74 Å². The fraction of sp³-hybridized carbons (Fsp3) is 0.370. The van der Waals surface area contributed by atoms with Crippen LogP contribution in [0.2, 0.25) is 0 Å². The highest BCUT2D eigenvalue weighted by atomic mass is 32.2. The van der Waals surface area contributed by atoms with Gasteiger partial charge in [-0.15, -0.1) is 0 Å². The van der Waals surface area contributed by atoms with Crippen molar-refractivity contribution in [2.75, 3.05) is 24.6 Å². The largest absolute Gasteiger partial charge is 0.463 e. The Kier molecular flexibility index (Phi) is 7.41. The Labute approximate surface area is 205 Å². The molecule has 2 aliphatic rings. The predicted octanol–water partition coefficient (Wildman–Crippen LogP) is 4.97. The number of esters is 1. The number of carbonyl (C=O) groups excluding carboxylic acids is 2. The predicted molar refractivity (Wildman–Crippen MR) is 138 cm³/mol. The number of nitrogens with zero attached hydrogens (tertiary/aromatic N) is 3. The van der Waals surface area contributed by atoms with Gasteiger partial charge < -0.3 is 9.64 Å². The maximum atomic E-state index is 13.7. The number of amidine groups is 1. The third-order valence-electron chi connectivity index (χ3n) is 6.25. The molecular weight excluding hydrogens is 446 g/mol. The molecule has 2 aliphatic heterocycles. The van der Waals surface area contributed by atoms with Gasteiger partial charge in [0.25, 0.3) is 0 Å².